The van der Waals surface area contributed by atoms with E-state index >= 15 is 0 Å². The average Bonchev–Trinajstić information content (AvgIpc) is 2.68. The number of H-pyrrole nitrogens is 1. The van der Waals surface area contributed by atoms with Crippen LogP contribution >= 0.6 is 11.6 Å². The molecule has 90 valence electrons. The number of imidazole rings is 1. The van der Waals surface area contributed by atoms with Crippen molar-refractivity contribution in [1.82, 2.24) is 19.5 Å². The molecule has 0 aliphatic carbocycles. The van der Waals surface area contributed by atoms with E-state index in [0.717, 1.165) is 11.3 Å². The largest absolute Gasteiger partial charge is 0.332 e. The van der Waals surface area contributed by atoms with Crippen molar-refractivity contribution in [2.75, 3.05) is 0 Å². The summed E-state index contributed by atoms with van der Waals surface area (Å²) in [4.78, 5) is 22.6. The standard InChI is InChI=1S/C12H9ClN4O/c1-7-4-2-3-5-8(7)17-9-10(13)14-6-15-11(9)16-12(17)18/h2-6H,1H3,(H,14,15,16,18). The Balaban J connectivity index is 2.47. The van der Waals surface area contributed by atoms with Gasteiger partial charge in [-0.1, -0.05) is 29.8 Å². The van der Waals surface area contributed by atoms with E-state index < -0.39 is 0 Å². The first-order valence-electron chi connectivity index (χ1n) is 5.35. The fourth-order valence-corrected chi connectivity index (χ4v) is 2.17. The number of aryl methyl sites for hydroxylation is 1. The van der Waals surface area contributed by atoms with E-state index in [4.69, 9.17) is 11.6 Å². The van der Waals surface area contributed by atoms with Gasteiger partial charge >= 0.3 is 5.69 Å². The highest BCUT2D eigenvalue weighted by molar-refractivity contribution is 6.33. The number of aromatic nitrogens is 4. The minimum absolute atomic E-state index is 0.251. The van der Waals surface area contributed by atoms with Gasteiger partial charge < -0.3 is 0 Å². The summed E-state index contributed by atoms with van der Waals surface area (Å²) in [7, 11) is 0. The molecule has 0 amide bonds. The van der Waals surface area contributed by atoms with Crippen LogP contribution in [-0.2, 0) is 0 Å². The summed E-state index contributed by atoms with van der Waals surface area (Å²) >= 11 is 6.05. The lowest BCUT2D eigenvalue weighted by Gasteiger charge is -2.06. The zero-order valence-corrected chi connectivity index (χ0v) is 10.3. The molecule has 0 radical (unpaired) electrons. The number of hydrogen-bond acceptors (Lipinski definition) is 3. The van der Waals surface area contributed by atoms with Gasteiger partial charge in [-0.15, -0.1) is 0 Å². The number of hydrogen-bond donors (Lipinski definition) is 1. The van der Waals surface area contributed by atoms with Crippen molar-refractivity contribution in [2.24, 2.45) is 0 Å². The number of rotatable bonds is 1. The lowest BCUT2D eigenvalue weighted by Crippen LogP contribution is -2.15. The second-order valence-electron chi connectivity index (χ2n) is 3.91. The molecule has 3 aromatic rings. The van der Waals surface area contributed by atoms with Crippen LogP contribution in [0.1, 0.15) is 5.56 Å². The van der Waals surface area contributed by atoms with Crippen LogP contribution in [0, 0.1) is 6.92 Å². The highest BCUT2D eigenvalue weighted by Crippen LogP contribution is 2.21. The lowest BCUT2D eigenvalue weighted by atomic mass is 10.2. The van der Waals surface area contributed by atoms with Crippen molar-refractivity contribution in [3.8, 4) is 5.69 Å². The predicted molar refractivity (Wildman–Crippen MR) is 69.2 cm³/mol. The summed E-state index contributed by atoms with van der Waals surface area (Å²) in [6.45, 7) is 1.93. The molecule has 0 atom stereocenters. The average molecular weight is 261 g/mol. The Kier molecular flexibility index (Phi) is 2.41. The maximum atomic E-state index is 12.0. The van der Waals surface area contributed by atoms with Gasteiger partial charge in [0, 0.05) is 0 Å². The summed E-state index contributed by atoms with van der Waals surface area (Å²) in [5.74, 6) is 0. The van der Waals surface area contributed by atoms with Crippen LogP contribution in [0.15, 0.2) is 35.4 Å². The molecule has 6 heteroatoms. The van der Waals surface area contributed by atoms with Crippen molar-refractivity contribution in [3.63, 3.8) is 0 Å². The minimum Gasteiger partial charge on any atom is -0.290 e. The molecule has 5 nitrogen and oxygen atoms in total. The number of halogens is 1. The van der Waals surface area contributed by atoms with Crippen LogP contribution in [0.25, 0.3) is 16.9 Å². The smallest absolute Gasteiger partial charge is 0.290 e. The Morgan fingerprint density at radius 3 is 2.83 bits per heavy atom. The maximum absolute atomic E-state index is 12.0. The molecule has 18 heavy (non-hydrogen) atoms. The first-order chi connectivity index (χ1) is 8.68. The van der Waals surface area contributed by atoms with Crippen LogP contribution in [0.4, 0.5) is 0 Å². The molecule has 1 N–H and O–H groups in total. The van der Waals surface area contributed by atoms with E-state index in [0.29, 0.717) is 11.2 Å². The number of nitrogens with zero attached hydrogens (tertiary/aromatic N) is 3. The van der Waals surface area contributed by atoms with Gasteiger partial charge in [-0.25, -0.2) is 14.8 Å². The molecule has 0 aliphatic heterocycles. The van der Waals surface area contributed by atoms with Crippen LogP contribution in [0.3, 0.4) is 0 Å². The van der Waals surface area contributed by atoms with Gasteiger partial charge in [-0.2, -0.15) is 0 Å². The summed E-state index contributed by atoms with van der Waals surface area (Å²) in [5, 5.41) is 0.251. The predicted octanol–water partition coefficient (Wildman–Crippen LogP) is 2.07. The van der Waals surface area contributed by atoms with Crippen LogP contribution in [0.2, 0.25) is 5.15 Å². The van der Waals surface area contributed by atoms with Gasteiger partial charge in [-0.3, -0.25) is 9.55 Å². The number of nitrogens with one attached hydrogen (secondary N) is 1. The zero-order valence-electron chi connectivity index (χ0n) is 9.51. The Hall–Kier alpha value is -2.14. The molecule has 0 fully saturated rings. The van der Waals surface area contributed by atoms with Crippen molar-refractivity contribution < 1.29 is 0 Å². The van der Waals surface area contributed by atoms with Crippen molar-refractivity contribution >= 4 is 22.8 Å². The summed E-state index contributed by atoms with van der Waals surface area (Å²) in [6.07, 6.45) is 1.32. The monoisotopic (exact) mass is 260 g/mol. The van der Waals surface area contributed by atoms with Gasteiger partial charge in [-0.05, 0) is 18.6 Å². The fraction of sp³-hybridized carbons (Fsp3) is 0.0833. The van der Waals surface area contributed by atoms with E-state index in [1.54, 1.807) is 0 Å². The Morgan fingerprint density at radius 2 is 2.06 bits per heavy atom. The third-order valence-corrected chi connectivity index (χ3v) is 3.06. The van der Waals surface area contributed by atoms with E-state index in [9.17, 15) is 4.79 Å². The first kappa shape index (κ1) is 11.0. The van der Waals surface area contributed by atoms with E-state index in [1.807, 2.05) is 31.2 Å². The highest BCUT2D eigenvalue weighted by atomic mass is 35.5. The number of para-hydroxylation sites is 1. The normalized spacial score (nSPS) is 11.0. The lowest BCUT2D eigenvalue weighted by molar-refractivity contribution is 1.00. The summed E-state index contributed by atoms with van der Waals surface area (Å²) < 4.78 is 1.49. The van der Waals surface area contributed by atoms with E-state index in [-0.39, 0.29) is 10.8 Å². The summed E-state index contributed by atoms with van der Waals surface area (Å²) in [6, 6.07) is 7.56. The molecule has 2 aromatic heterocycles. The number of fused-ring (bicyclic) bond motifs is 1. The van der Waals surface area contributed by atoms with Crippen molar-refractivity contribution in [3.05, 3.63) is 51.8 Å². The van der Waals surface area contributed by atoms with Crippen LogP contribution in [0.5, 0.6) is 0 Å². The fourth-order valence-electron chi connectivity index (χ4n) is 1.95. The van der Waals surface area contributed by atoms with E-state index in [1.165, 1.54) is 10.9 Å². The first-order valence-corrected chi connectivity index (χ1v) is 5.73. The van der Waals surface area contributed by atoms with Crippen LogP contribution < -0.4 is 5.69 Å². The molecule has 0 saturated carbocycles. The van der Waals surface area contributed by atoms with Gasteiger partial charge in [0.1, 0.15) is 11.8 Å². The molecule has 3 rings (SSSR count). The molecule has 0 aliphatic rings. The number of benzene rings is 1. The molecule has 0 saturated heterocycles. The van der Waals surface area contributed by atoms with Crippen LogP contribution in [-0.4, -0.2) is 19.5 Å². The zero-order chi connectivity index (χ0) is 12.7. The van der Waals surface area contributed by atoms with E-state index in [2.05, 4.69) is 15.0 Å². The summed E-state index contributed by atoms with van der Waals surface area (Å²) in [5.41, 5.74) is 2.40. The third-order valence-electron chi connectivity index (χ3n) is 2.79. The molecule has 0 unspecified atom stereocenters. The Labute approximate surface area is 107 Å². The van der Waals surface area contributed by atoms with Crippen molar-refractivity contribution in [2.45, 2.75) is 6.92 Å². The van der Waals surface area contributed by atoms with Gasteiger partial charge in [0.15, 0.2) is 10.8 Å². The maximum Gasteiger partial charge on any atom is 0.332 e. The highest BCUT2D eigenvalue weighted by Gasteiger charge is 2.14. The topological polar surface area (TPSA) is 63.6 Å². The number of aromatic amines is 1. The molecular formula is C12H9ClN4O. The third kappa shape index (κ3) is 1.52. The molecular weight excluding hydrogens is 252 g/mol. The SMILES string of the molecule is Cc1ccccc1-n1c(=O)[nH]c2ncnc(Cl)c21. The second kappa shape index (κ2) is 3.96. The molecule has 0 spiro atoms. The Bertz CT molecular complexity index is 790. The van der Waals surface area contributed by atoms with Crippen molar-refractivity contribution in [1.29, 1.82) is 0 Å². The molecule has 1 aromatic carbocycles. The van der Waals surface area contributed by atoms with Gasteiger partial charge in [0.25, 0.3) is 0 Å². The Morgan fingerprint density at radius 1 is 1.28 bits per heavy atom. The molecule has 2 heterocycles. The second-order valence-corrected chi connectivity index (χ2v) is 4.27. The quantitative estimate of drug-likeness (QED) is 0.681. The minimum atomic E-state index is -0.276. The van der Waals surface area contributed by atoms with Gasteiger partial charge in [0.2, 0.25) is 0 Å². The molecule has 0 bridgehead atoms. The van der Waals surface area contributed by atoms with Gasteiger partial charge in [0.05, 0.1) is 5.69 Å².